The lowest BCUT2D eigenvalue weighted by Gasteiger charge is -2.19. The number of ether oxygens (including phenoxy) is 1. The molecule has 1 aromatic heterocycles. The van der Waals surface area contributed by atoms with Crippen LogP contribution in [0, 0.1) is 0 Å². The minimum atomic E-state index is -4.39. The van der Waals surface area contributed by atoms with Crippen LogP contribution < -0.4 is 5.32 Å². The molecule has 1 amide bonds. The van der Waals surface area contributed by atoms with Crippen LogP contribution in [-0.4, -0.2) is 18.2 Å². The third kappa shape index (κ3) is 4.86. The highest BCUT2D eigenvalue weighted by atomic mass is 32.1. The van der Waals surface area contributed by atoms with Crippen LogP contribution >= 0.6 is 11.3 Å². The van der Waals surface area contributed by atoms with E-state index in [1.54, 1.807) is 38.3 Å². The molecule has 1 aromatic carbocycles. The minimum Gasteiger partial charge on any atom is -0.444 e. The third-order valence-electron chi connectivity index (χ3n) is 3.00. The summed E-state index contributed by atoms with van der Waals surface area (Å²) in [4.78, 5) is 11.5. The summed E-state index contributed by atoms with van der Waals surface area (Å²) < 4.78 is 44.7. The van der Waals surface area contributed by atoms with Gasteiger partial charge >= 0.3 is 12.3 Å². The molecular weight excluding hydrogens is 327 g/mol. The summed E-state index contributed by atoms with van der Waals surface area (Å²) in [6.07, 6.45) is -4.67. The van der Waals surface area contributed by atoms with Gasteiger partial charge in [0.1, 0.15) is 5.60 Å². The van der Waals surface area contributed by atoms with E-state index in [0.717, 1.165) is 17.4 Å². The molecule has 0 saturated carbocycles. The van der Waals surface area contributed by atoms with Gasteiger partial charge in [-0.1, -0.05) is 6.07 Å². The van der Waals surface area contributed by atoms with Gasteiger partial charge in [-0.25, -0.2) is 4.79 Å². The maximum Gasteiger partial charge on any atom is 0.417 e. The summed E-state index contributed by atoms with van der Waals surface area (Å²) in [6.45, 7) is 5.44. The Hall–Kier alpha value is -1.76. The molecule has 2 rings (SSSR count). The molecule has 0 spiro atoms. The number of rotatable bonds is 3. The van der Waals surface area contributed by atoms with E-state index in [2.05, 4.69) is 5.32 Å². The molecule has 1 heterocycles. The lowest BCUT2D eigenvalue weighted by Crippen LogP contribution is -2.33. The molecule has 7 heteroatoms. The van der Waals surface area contributed by atoms with E-state index in [1.165, 1.54) is 0 Å². The standard InChI is InChI=1S/C16H18F3NO2S/c1-15(2,3)22-14(21)20-6-4-10-8-11-5-7-23-13(11)12(9-10)16(17,18)19/h5,7-9H,4,6H2,1-3H3,(H,20,21). The van der Waals surface area contributed by atoms with Crippen LogP contribution in [0.4, 0.5) is 18.0 Å². The quantitative estimate of drug-likeness (QED) is 0.851. The summed E-state index contributed by atoms with van der Waals surface area (Å²) in [5.41, 5.74) is -0.708. The van der Waals surface area contributed by atoms with Gasteiger partial charge < -0.3 is 10.1 Å². The topological polar surface area (TPSA) is 38.3 Å². The highest BCUT2D eigenvalue weighted by Crippen LogP contribution is 2.38. The van der Waals surface area contributed by atoms with Crippen molar-refractivity contribution in [2.45, 2.75) is 39.0 Å². The van der Waals surface area contributed by atoms with E-state index in [9.17, 15) is 18.0 Å². The van der Waals surface area contributed by atoms with Crippen LogP contribution in [0.15, 0.2) is 23.6 Å². The molecule has 0 aliphatic carbocycles. The lowest BCUT2D eigenvalue weighted by molar-refractivity contribution is -0.136. The fraction of sp³-hybridized carbons (Fsp3) is 0.438. The molecule has 0 aliphatic heterocycles. The van der Waals surface area contributed by atoms with Crippen molar-refractivity contribution < 1.29 is 22.7 Å². The number of hydrogen-bond acceptors (Lipinski definition) is 3. The molecule has 3 nitrogen and oxygen atoms in total. The number of alkyl halides is 3. The first-order valence-corrected chi connectivity index (χ1v) is 7.98. The summed E-state index contributed by atoms with van der Waals surface area (Å²) in [5, 5.41) is 4.76. The molecule has 0 radical (unpaired) electrons. The van der Waals surface area contributed by atoms with Crippen molar-refractivity contribution in [2.75, 3.05) is 6.54 Å². The number of carbonyl (C=O) groups is 1. The van der Waals surface area contributed by atoms with Crippen LogP contribution in [-0.2, 0) is 17.3 Å². The predicted octanol–water partition coefficient (Wildman–Crippen LogP) is 4.99. The Morgan fingerprint density at radius 3 is 2.57 bits per heavy atom. The number of halogens is 3. The number of benzene rings is 1. The van der Waals surface area contributed by atoms with Crippen molar-refractivity contribution in [3.05, 3.63) is 34.7 Å². The number of thiophene rings is 1. The van der Waals surface area contributed by atoms with E-state index in [-0.39, 0.29) is 11.2 Å². The van der Waals surface area contributed by atoms with Gasteiger partial charge in [-0.3, -0.25) is 0 Å². The Balaban J connectivity index is 2.08. The highest BCUT2D eigenvalue weighted by Gasteiger charge is 2.33. The molecule has 23 heavy (non-hydrogen) atoms. The van der Waals surface area contributed by atoms with Gasteiger partial charge in [0.15, 0.2) is 0 Å². The maximum absolute atomic E-state index is 13.1. The first-order valence-electron chi connectivity index (χ1n) is 7.10. The van der Waals surface area contributed by atoms with Crippen LogP contribution in [0.25, 0.3) is 10.1 Å². The first-order chi connectivity index (χ1) is 10.6. The van der Waals surface area contributed by atoms with Crippen LogP contribution in [0.2, 0.25) is 0 Å². The second kappa shape index (κ2) is 6.39. The van der Waals surface area contributed by atoms with Crippen molar-refractivity contribution in [3.8, 4) is 0 Å². The van der Waals surface area contributed by atoms with Gasteiger partial charge in [-0.05, 0) is 55.7 Å². The van der Waals surface area contributed by atoms with Gasteiger partial charge in [-0.2, -0.15) is 13.2 Å². The van der Waals surface area contributed by atoms with Crippen LogP contribution in [0.1, 0.15) is 31.9 Å². The summed E-state index contributed by atoms with van der Waals surface area (Å²) in [7, 11) is 0. The third-order valence-corrected chi connectivity index (χ3v) is 3.96. The largest absolute Gasteiger partial charge is 0.444 e. The Bertz CT molecular complexity index is 701. The molecule has 0 unspecified atom stereocenters. The second-order valence-corrected chi connectivity index (χ2v) is 7.07. The molecule has 0 fully saturated rings. The summed E-state index contributed by atoms with van der Waals surface area (Å²) in [6, 6.07) is 4.54. The average Bonchev–Trinajstić information content (AvgIpc) is 2.82. The Morgan fingerprint density at radius 2 is 1.96 bits per heavy atom. The number of alkyl carbamates (subject to hydrolysis) is 1. The fourth-order valence-electron chi connectivity index (χ4n) is 2.12. The summed E-state index contributed by atoms with van der Waals surface area (Å²) in [5.74, 6) is 0. The molecule has 1 N–H and O–H groups in total. The van der Waals surface area contributed by atoms with E-state index in [4.69, 9.17) is 4.74 Å². The Morgan fingerprint density at radius 1 is 1.26 bits per heavy atom. The molecular formula is C16H18F3NO2S. The molecule has 0 bridgehead atoms. The number of fused-ring (bicyclic) bond motifs is 1. The minimum absolute atomic E-state index is 0.210. The Labute approximate surface area is 136 Å². The van der Waals surface area contributed by atoms with Gasteiger partial charge in [0.25, 0.3) is 0 Å². The Kier molecular flexibility index (Phi) is 4.89. The van der Waals surface area contributed by atoms with Crippen molar-refractivity contribution in [2.24, 2.45) is 0 Å². The van der Waals surface area contributed by atoms with E-state index in [0.29, 0.717) is 17.4 Å². The average molecular weight is 345 g/mol. The zero-order valence-corrected chi connectivity index (χ0v) is 13.9. The van der Waals surface area contributed by atoms with Gasteiger partial charge in [0, 0.05) is 11.2 Å². The number of nitrogens with one attached hydrogen (secondary N) is 1. The molecule has 126 valence electrons. The molecule has 0 saturated heterocycles. The van der Waals surface area contributed by atoms with Crippen molar-refractivity contribution in [1.82, 2.24) is 5.32 Å². The van der Waals surface area contributed by atoms with E-state index < -0.39 is 23.4 Å². The van der Waals surface area contributed by atoms with Crippen LogP contribution in [0.3, 0.4) is 0 Å². The number of hydrogen-bond donors (Lipinski definition) is 1. The monoisotopic (exact) mass is 345 g/mol. The van der Waals surface area contributed by atoms with Gasteiger partial charge in [0.05, 0.1) is 5.56 Å². The maximum atomic E-state index is 13.1. The van der Waals surface area contributed by atoms with Gasteiger partial charge in [-0.15, -0.1) is 11.3 Å². The van der Waals surface area contributed by atoms with E-state index in [1.807, 2.05) is 0 Å². The fourth-order valence-corrected chi connectivity index (χ4v) is 3.04. The van der Waals surface area contributed by atoms with Crippen molar-refractivity contribution in [3.63, 3.8) is 0 Å². The smallest absolute Gasteiger partial charge is 0.417 e. The number of carbonyl (C=O) groups excluding carboxylic acids is 1. The molecule has 0 aliphatic rings. The van der Waals surface area contributed by atoms with Crippen LogP contribution in [0.5, 0.6) is 0 Å². The van der Waals surface area contributed by atoms with Crippen molar-refractivity contribution >= 4 is 27.5 Å². The second-order valence-electron chi connectivity index (χ2n) is 6.16. The SMILES string of the molecule is CC(C)(C)OC(=O)NCCc1cc(C(F)(F)F)c2sccc2c1. The predicted molar refractivity (Wildman–Crippen MR) is 84.8 cm³/mol. The first kappa shape index (κ1) is 17.6. The normalized spacial score (nSPS) is 12.4. The van der Waals surface area contributed by atoms with Crippen molar-refractivity contribution in [1.29, 1.82) is 0 Å². The number of amides is 1. The molecule has 2 aromatic rings. The summed E-state index contributed by atoms with van der Waals surface area (Å²) >= 11 is 1.07. The van der Waals surface area contributed by atoms with Gasteiger partial charge in [0.2, 0.25) is 0 Å². The zero-order chi connectivity index (χ0) is 17.3. The molecule has 0 atom stereocenters. The van der Waals surface area contributed by atoms with E-state index >= 15 is 0 Å². The lowest BCUT2D eigenvalue weighted by atomic mass is 10.0. The highest BCUT2D eigenvalue weighted by molar-refractivity contribution is 7.17. The zero-order valence-electron chi connectivity index (χ0n) is 13.1.